The first kappa shape index (κ1) is 12.5. The van der Waals surface area contributed by atoms with Gasteiger partial charge >= 0.3 is 0 Å². The van der Waals surface area contributed by atoms with Gasteiger partial charge in [-0.15, -0.1) is 24.0 Å². The Bertz CT molecular complexity index is 541. The highest BCUT2D eigenvalue weighted by molar-refractivity contribution is 7.83. The Kier molecular flexibility index (Phi) is 3.45. The van der Waals surface area contributed by atoms with Crippen molar-refractivity contribution in [1.82, 2.24) is 4.98 Å². The van der Waals surface area contributed by atoms with Crippen molar-refractivity contribution in [1.29, 1.82) is 0 Å². The predicted molar refractivity (Wildman–Crippen MR) is 75.6 cm³/mol. The van der Waals surface area contributed by atoms with Gasteiger partial charge in [0.2, 0.25) is 0 Å². The van der Waals surface area contributed by atoms with Gasteiger partial charge in [-0.1, -0.05) is 0 Å². The third-order valence-electron chi connectivity index (χ3n) is 2.96. The summed E-state index contributed by atoms with van der Waals surface area (Å²) < 4.78 is 6.29. The number of hydrogen-bond donors (Lipinski definition) is 1. The summed E-state index contributed by atoms with van der Waals surface area (Å²) in [7, 11) is 1.70. The summed E-state index contributed by atoms with van der Waals surface area (Å²) in [6, 6.07) is 4.05. The lowest BCUT2D eigenvalue weighted by molar-refractivity contribution is 0.411. The van der Waals surface area contributed by atoms with Gasteiger partial charge in [0.05, 0.1) is 17.0 Å². The summed E-state index contributed by atoms with van der Waals surface area (Å²) in [4.78, 5) is 4.54. The summed E-state index contributed by atoms with van der Waals surface area (Å²) in [5.74, 6) is 0.922. The van der Waals surface area contributed by atoms with E-state index in [9.17, 15) is 0 Å². The van der Waals surface area contributed by atoms with Crippen molar-refractivity contribution in [2.24, 2.45) is 0 Å². The number of ether oxygens (including phenoxy) is 1. The van der Waals surface area contributed by atoms with Gasteiger partial charge in [-0.05, 0) is 44.0 Å². The lowest BCUT2D eigenvalue weighted by atomic mass is 10.0. The van der Waals surface area contributed by atoms with Gasteiger partial charge in [-0.25, -0.2) is 4.98 Å². The van der Waals surface area contributed by atoms with E-state index in [1.807, 2.05) is 13.0 Å². The zero-order valence-corrected chi connectivity index (χ0v) is 12.1. The van der Waals surface area contributed by atoms with Crippen LogP contribution in [0, 0.1) is 20.8 Å². The molecule has 4 heteroatoms. The van der Waals surface area contributed by atoms with Crippen LogP contribution in [0.15, 0.2) is 16.3 Å². The number of thiol groups is 1. The quantitative estimate of drug-likeness (QED) is 0.828. The van der Waals surface area contributed by atoms with Gasteiger partial charge in [0.25, 0.3) is 0 Å². The molecule has 1 aromatic heterocycles. The van der Waals surface area contributed by atoms with E-state index in [0.29, 0.717) is 0 Å². The number of nitrogens with zero attached hydrogens (tertiary/aromatic N) is 1. The highest BCUT2D eigenvalue weighted by Crippen LogP contribution is 2.35. The minimum absolute atomic E-state index is 0.922. The number of methoxy groups -OCH3 is 1. The molecule has 0 spiro atoms. The predicted octanol–water partition coefficient (Wildman–Crippen LogP) is 4.03. The van der Waals surface area contributed by atoms with Crippen LogP contribution in [0.5, 0.6) is 5.75 Å². The first-order valence-electron chi connectivity index (χ1n) is 5.35. The molecular formula is C13H15NOS2. The van der Waals surface area contributed by atoms with Crippen LogP contribution in [-0.2, 0) is 0 Å². The normalized spacial score (nSPS) is 10.6. The van der Waals surface area contributed by atoms with Crippen molar-refractivity contribution >= 4 is 24.0 Å². The molecule has 1 aromatic carbocycles. The third kappa shape index (κ3) is 2.19. The summed E-state index contributed by atoms with van der Waals surface area (Å²) in [5, 5.41) is 1.02. The zero-order chi connectivity index (χ0) is 12.6. The lowest BCUT2D eigenvalue weighted by Gasteiger charge is -2.10. The smallest absolute Gasteiger partial charge is 0.124 e. The Morgan fingerprint density at radius 2 is 1.88 bits per heavy atom. The fourth-order valence-electron chi connectivity index (χ4n) is 1.75. The maximum Gasteiger partial charge on any atom is 0.124 e. The van der Waals surface area contributed by atoms with Crippen LogP contribution in [0.25, 0.3) is 10.6 Å². The van der Waals surface area contributed by atoms with E-state index in [2.05, 4.69) is 37.5 Å². The van der Waals surface area contributed by atoms with E-state index in [1.54, 1.807) is 18.4 Å². The molecule has 17 heavy (non-hydrogen) atoms. The number of benzene rings is 1. The van der Waals surface area contributed by atoms with Crippen molar-refractivity contribution in [2.75, 3.05) is 7.11 Å². The topological polar surface area (TPSA) is 22.1 Å². The molecule has 1 heterocycles. The minimum Gasteiger partial charge on any atom is -0.496 e. The van der Waals surface area contributed by atoms with Gasteiger partial charge in [0.15, 0.2) is 0 Å². The molecule has 0 aliphatic carbocycles. The molecule has 0 N–H and O–H groups in total. The number of aromatic nitrogens is 1. The summed E-state index contributed by atoms with van der Waals surface area (Å²) >= 11 is 6.02. The van der Waals surface area contributed by atoms with Crippen molar-refractivity contribution in [3.63, 3.8) is 0 Å². The molecule has 0 saturated carbocycles. The maximum atomic E-state index is 5.31. The van der Waals surface area contributed by atoms with Crippen molar-refractivity contribution in [2.45, 2.75) is 25.0 Å². The van der Waals surface area contributed by atoms with Crippen LogP contribution >= 0.6 is 24.0 Å². The molecule has 0 atom stereocenters. The van der Waals surface area contributed by atoms with Gasteiger partial charge in [0, 0.05) is 5.56 Å². The molecule has 0 aliphatic heterocycles. The Morgan fingerprint density at radius 1 is 1.18 bits per heavy atom. The molecule has 0 unspecified atom stereocenters. The van der Waals surface area contributed by atoms with E-state index in [0.717, 1.165) is 26.2 Å². The Labute approximate surface area is 111 Å². The van der Waals surface area contributed by atoms with Gasteiger partial charge in [-0.2, -0.15) is 0 Å². The molecule has 0 amide bonds. The average Bonchev–Trinajstić information content (AvgIpc) is 2.63. The fraction of sp³-hybridized carbons (Fsp3) is 0.308. The Hall–Kier alpha value is -1.00. The number of hydrogen-bond acceptors (Lipinski definition) is 4. The van der Waals surface area contributed by atoms with E-state index in [4.69, 9.17) is 4.74 Å². The van der Waals surface area contributed by atoms with E-state index in [-0.39, 0.29) is 0 Å². The molecule has 0 aliphatic rings. The summed E-state index contributed by atoms with van der Waals surface area (Å²) in [6.45, 7) is 6.15. The molecule has 0 bridgehead atoms. The minimum atomic E-state index is 0.922. The number of thiazole rings is 1. The van der Waals surface area contributed by atoms with Gasteiger partial charge < -0.3 is 4.74 Å². The molecule has 2 aromatic rings. The van der Waals surface area contributed by atoms with E-state index >= 15 is 0 Å². The molecule has 2 rings (SSSR count). The molecular weight excluding hydrogens is 250 g/mol. The van der Waals surface area contributed by atoms with Crippen molar-refractivity contribution < 1.29 is 4.74 Å². The Morgan fingerprint density at radius 3 is 2.41 bits per heavy atom. The first-order valence-corrected chi connectivity index (χ1v) is 6.62. The second-order valence-electron chi connectivity index (χ2n) is 3.97. The molecule has 2 nitrogen and oxygen atoms in total. The molecule has 90 valence electrons. The summed E-state index contributed by atoms with van der Waals surface area (Å²) in [5.41, 5.74) is 4.53. The molecule has 0 radical (unpaired) electrons. The molecule has 0 saturated heterocycles. The number of rotatable bonds is 2. The van der Waals surface area contributed by atoms with Crippen LogP contribution in [0.3, 0.4) is 0 Å². The van der Waals surface area contributed by atoms with Crippen LogP contribution < -0.4 is 4.74 Å². The second-order valence-corrected chi connectivity index (χ2v) is 5.72. The first-order chi connectivity index (χ1) is 8.04. The van der Waals surface area contributed by atoms with Gasteiger partial charge in [0.1, 0.15) is 10.8 Å². The zero-order valence-electron chi connectivity index (χ0n) is 10.4. The summed E-state index contributed by atoms with van der Waals surface area (Å²) in [6.07, 6.45) is 0. The Balaban J connectivity index is 2.57. The second kappa shape index (κ2) is 4.70. The van der Waals surface area contributed by atoms with Crippen LogP contribution in [0.1, 0.15) is 16.8 Å². The maximum absolute atomic E-state index is 5.31. The van der Waals surface area contributed by atoms with E-state index in [1.165, 1.54) is 11.1 Å². The number of aryl methyl sites for hydroxylation is 1. The third-order valence-corrected chi connectivity index (χ3v) is 4.55. The fourth-order valence-corrected chi connectivity index (χ4v) is 2.95. The SMILES string of the molecule is COc1ccc(-c2nc(C)c(S)s2)c(C)c1C. The average molecular weight is 265 g/mol. The van der Waals surface area contributed by atoms with Crippen LogP contribution in [0.2, 0.25) is 0 Å². The largest absolute Gasteiger partial charge is 0.496 e. The van der Waals surface area contributed by atoms with Gasteiger partial charge in [-0.3, -0.25) is 0 Å². The van der Waals surface area contributed by atoms with Crippen LogP contribution in [-0.4, -0.2) is 12.1 Å². The van der Waals surface area contributed by atoms with Crippen molar-refractivity contribution in [3.8, 4) is 16.3 Å². The highest BCUT2D eigenvalue weighted by Gasteiger charge is 2.12. The monoisotopic (exact) mass is 265 g/mol. The van der Waals surface area contributed by atoms with E-state index < -0.39 is 0 Å². The standard InChI is InChI=1S/C13H15NOS2/c1-7-8(2)11(15-4)6-5-10(7)12-14-9(3)13(16)17-12/h5-6,16H,1-4H3. The van der Waals surface area contributed by atoms with Crippen LogP contribution in [0.4, 0.5) is 0 Å². The lowest BCUT2D eigenvalue weighted by Crippen LogP contribution is -1.92. The highest BCUT2D eigenvalue weighted by atomic mass is 32.2. The molecule has 0 fully saturated rings. The van der Waals surface area contributed by atoms with Crippen molar-refractivity contribution in [3.05, 3.63) is 29.0 Å².